The van der Waals surface area contributed by atoms with Gasteiger partial charge < -0.3 is 10.1 Å². The van der Waals surface area contributed by atoms with Gasteiger partial charge in [0.05, 0.1) is 7.11 Å². The Hall–Kier alpha value is -1.02. The smallest absolute Gasteiger partial charge is 0.123 e. The molecule has 0 bridgehead atoms. The van der Waals surface area contributed by atoms with E-state index in [9.17, 15) is 0 Å². The highest BCUT2D eigenvalue weighted by Crippen LogP contribution is 2.35. The summed E-state index contributed by atoms with van der Waals surface area (Å²) in [6.07, 6.45) is 5.24. The van der Waals surface area contributed by atoms with Crippen LogP contribution in [0.4, 0.5) is 0 Å². The molecule has 1 fully saturated rings. The Balaban J connectivity index is 1.91. The van der Waals surface area contributed by atoms with Crippen molar-refractivity contribution in [3.8, 4) is 5.75 Å². The Labute approximate surface area is 117 Å². The molecule has 0 aromatic heterocycles. The molecule has 0 amide bonds. The average Bonchev–Trinajstić information content (AvgIpc) is 2.38. The highest BCUT2D eigenvalue weighted by atomic mass is 16.5. The standard InChI is InChI=1S/C17H27NO/c1-13-5-6-16(19-4)14(11-13)12-18-15-7-9-17(2,3)10-8-15/h5-6,11,15,18H,7-10,12H2,1-4H3. The van der Waals surface area contributed by atoms with E-state index in [-0.39, 0.29) is 0 Å². The minimum atomic E-state index is 0.541. The molecule has 0 radical (unpaired) electrons. The van der Waals surface area contributed by atoms with Gasteiger partial charge in [-0.15, -0.1) is 0 Å². The lowest BCUT2D eigenvalue weighted by atomic mass is 9.75. The molecule has 0 saturated heterocycles. The minimum Gasteiger partial charge on any atom is -0.496 e. The van der Waals surface area contributed by atoms with Gasteiger partial charge in [0, 0.05) is 18.2 Å². The van der Waals surface area contributed by atoms with Crippen molar-refractivity contribution in [1.82, 2.24) is 5.32 Å². The first-order chi connectivity index (χ1) is 9.00. The molecule has 1 aliphatic rings. The zero-order chi connectivity index (χ0) is 13.9. The average molecular weight is 261 g/mol. The first kappa shape index (κ1) is 14.4. The predicted octanol–water partition coefficient (Wildman–Crippen LogP) is 4.06. The largest absolute Gasteiger partial charge is 0.496 e. The fraction of sp³-hybridized carbons (Fsp3) is 0.647. The maximum Gasteiger partial charge on any atom is 0.123 e. The van der Waals surface area contributed by atoms with E-state index < -0.39 is 0 Å². The van der Waals surface area contributed by atoms with E-state index in [0.29, 0.717) is 11.5 Å². The molecule has 0 heterocycles. The molecule has 0 aliphatic heterocycles. The third-order valence-corrected chi connectivity index (χ3v) is 4.36. The van der Waals surface area contributed by atoms with Crippen molar-refractivity contribution in [3.05, 3.63) is 29.3 Å². The topological polar surface area (TPSA) is 21.3 Å². The van der Waals surface area contributed by atoms with Crippen molar-refractivity contribution in [3.63, 3.8) is 0 Å². The Bertz CT molecular complexity index is 415. The summed E-state index contributed by atoms with van der Waals surface area (Å²) in [5.74, 6) is 0.995. The van der Waals surface area contributed by atoms with Gasteiger partial charge in [0.15, 0.2) is 0 Å². The lowest BCUT2D eigenvalue weighted by Gasteiger charge is -2.34. The number of aryl methyl sites for hydroxylation is 1. The molecule has 19 heavy (non-hydrogen) atoms. The normalized spacial score (nSPS) is 19.4. The van der Waals surface area contributed by atoms with Gasteiger partial charge in [-0.1, -0.05) is 31.5 Å². The molecule has 2 rings (SSSR count). The van der Waals surface area contributed by atoms with Crippen LogP contribution in [0.2, 0.25) is 0 Å². The summed E-state index contributed by atoms with van der Waals surface area (Å²) in [5.41, 5.74) is 3.11. The van der Waals surface area contributed by atoms with E-state index in [4.69, 9.17) is 4.74 Å². The molecule has 0 unspecified atom stereocenters. The van der Waals surface area contributed by atoms with Crippen molar-refractivity contribution in [2.45, 2.75) is 59.0 Å². The molecule has 0 spiro atoms. The van der Waals surface area contributed by atoms with Crippen LogP contribution in [0.3, 0.4) is 0 Å². The van der Waals surface area contributed by atoms with Crippen LogP contribution in [0.1, 0.15) is 50.7 Å². The molecule has 2 nitrogen and oxygen atoms in total. The summed E-state index contributed by atoms with van der Waals surface area (Å²) >= 11 is 0. The fourth-order valence-corrected chi connectivity index (χ4v) is 2.90. The predicted molar refractivity (Wildman–Crippen MR) is 80.6 cm³/mol. The lowest BCUT2D eigenvalue weighted by Crippen LogP contribution is -2.35. The molecule has 1 saturated carbocycles. The zero-order valence-corrected chi connectivity index (χ0v) is 12.8. The van der Waals surface area contributed by atoms with Gasteiger partial charge in [0.2, 0.25) is 0 Å². The summed E-state index contributed by atoms with van der Waals surface area (Å²) in [5, 5.41) is 3.70. The van der Waals surface area contributed by atoms with E-state index in [1.807, 2.05) is 0 Å². The Morgan fingerprint density at radius 2 is 1.95 bits per heavy atom. The van der Waals surface area contributed by atoms with Crippen LogP contribution in [0.15, 0.2) is 18.2 Å². The second-order valence-electron chi connectivity index (χ2n) is 6.63. The number of nitrogens with one attached hydrogen (secondary N) is 1. The van der Waals surface area contributed by atoms with Crippen LogP contribution in [0.25, 0.3) is 0 Å². The maximum atomic E-state index is 5.43. The Morgan fingerprint density at radius 1 is 1.26 bits per heavy atom. The number of hydrogen-bond donors (Lipinski definition) is 1. The number of rotatable bonds is 4. The minimum absolute atomic E-state index is 0.541. The third-order valence-electron chi connectivity index (χ3n) is 4.36. The molecule has 1 aliphatic carbocycles. The molecule has 106 valence electrons. The van der Waals surface area contributed by atoms with Gasteiger partial charge in [-0.2, -0.15) is 0 Å². The summed E-state index contributed by atoms with van der Waals surface area (Å²) in [7, 11) is 1.75. The molecular formula is C17H27NO. The number of methoxy groups -OCH3 is 1. The first-order valence-corrected chi connectivity index (χ1v) is 7.37. The monoisotopic (exact) mass is 261 g/mol. The van der Waals surface area contributed by atoms with Gasteiger partial charge >= 0.3 is 0 Å². The van der Waals surface area contributed by atoms with Crippen molar-refractivity contribution < 1.29 is 4.74 Å². The molecule has 2 heteroatoms. The van der Waals surface area contributed by atoms with Crippen molar-refractivity contribution in [2.75, 3.05) is 7.11 Å². The van der Waals surface area contributed by atoms with Gasteiger partial charge in [0.25, 0.3) is 0 Å². The molecule has 0 atom stereocenters. The maximum absolute atomic E-state index is 5.43. The molecule has 1 aromatic rings. The van der Waals surface area contributed by atoms with E-state index in [2.05, 4.69) is 44.3 Å². The van der Waals surface area contributed by atoms with E-state index >= 15 is 0 Å². The van der Waals surface area contributed by atoms with Crippen molar-refractivity contribution in [2.24, 2.45) is 5.41 Å². The first-order valence-electron chi connectivity index (χ1n) is 7.37. The molecule has 1 aromatic carbocycles. The van der Waals surface area contributed by atoms with Gasteiger partial charge in [0.1, 0.15) is 5.75 Å². The van der Waals surface area contributed by atoms with Gasteiger partial charge in [-0.05, 0) is 44.1 Å². The fourth-order valence-electron chi connectivity index (χ4n) is 2.90. The van der Waals surface area contributed by atoms with Crippen LogP contribution in [0, 0.1) is 12.3 Å². The highest BCUT2D eigenvalue weighted by molar-refractivity contribution is 5.36. The van der Waals surface area contributed by atoms with Crippen LogP contribution >= 0.6 is 0 Å². The van der Waals surface area contributed by atoms with Gasteiger partial charge in [-0.3, -0.25) is 0 Å². The number of benzene rings is 1. The van der Waals surface area contributed by atoms with E-state index in [1.165, 1.54) is 36.8 Å². The van der Waals surface area contributed by atoms with Crippen LogP contribution < -0.4 is 10.1 Å². The lowest BCUT2D eigenvalue weighted by molar-refractivity contribution is 0.205. The summed E-state index contributed by atoms with van der Waals surface area (Å²) in [6, 6.07) is 7.05. The zero-order valence-electron chi connectivity index (χ0n) is 12.8. The van der Waals surface area contributed by atoms with Crippen LogP contribution in [0.5, 0.6) is 5.75 Å². The number of hydrogen-bond acceptors (Lipinski definition) is 2. The van der Waals surface area contributed by atoms with Gasteiger partial charge in [-0.25, -0.2) is 0 Å². The molecule has 1 N–H and O–H groups in total. The second-order valence-corrected chi connectivity index (χ2v) is 6.63. The molecular weight excluding hydrogens is 234 g/mol. The number of ether oxygens (including phenoxy) is 1. The second kappa shape index (κ2) is 5.96. The van der Waals surface area contributed by atoms with E-state index in [1.54, 1.807) is 7.11 Å². The highest BCUT2D eigenvalue weighted by Gasteiger charge is 2.26. The SMILES string of the molecule is COc1ccc(C)cc1CNC1CCC(C)(C)CC1. The Morgan fingerprint density at radius 3 is 2.58 bits per heavy atom. The summed E-state index contributed by atoms with van der Waals surface area (Å²) in [4.78, 5) is 0. The van der Waals surface area contributed by atoms with Crippen molar-refractivity contribution >= 4 is 0 Å². The van der Waals surface area contributed by atoms with E-state index in [0.717, 1.165) is 12.3 Å². The van der Waals surface area contributed by atoms with Crippen LogP contribution in [-0.2, 0) is 6.54 Å². The summed E-state index contributed by atoms with van der Waals surface area (Å²) < 4.78 is 5.43. The Kier molecular flexibility index (Phi) is 4.51. The van der Waals surface area contributed by atoms with Crippen LogP contribution in [-0.4, -0.2) is 13.2 Å². The quantitative estimate of drug-likeness (QED) is 0.882. The summed E-state index contributed by atoms with van der Waals surface area (Å²) in [6.45, 7) is 7.81. The third kappa shape index (κ3) is 3.97. The van der Waals surface area contributed by atoms with Crippen molar-refractivity contribution in [1.29, 1.82) is 0 Å².